The third-order valence-corrected chi connectivity index (χ3v) is 4.07. The Morgan fingerprint density at radius 3 is 2.95 bits per heavy atom. The number of methoxy groups -OCH3 is 1. The Bertz CT molecular complexity index is 615. The van der Waals surface area contributed by atoms with Gasteiger partial charge < -0.3 is 14.4 Å². The lowest BCUT2D eigenvalue weighted by molar-refractivity contribution is 0.157. The monoisotopic (exact) mass is 271 g/mol. The third-order valence-electron chi connectivity index (χ3n) is 4.07. The number of hydrogen-bond donors (Lipinski definition) is 1. The van der Waals surface area contributed by atoms with Crippen molar-refractivity contribution in [2.45, 2.75) is 38.8 Å². The van der Waals surface area contributed by atoms with Gasteiger partial charge in [-0.2, -0.15) is 0 Å². The van der Waals surface area contributed by atoms with Gasteiger partial charge in [0, 0.05) is 23.5 Å². The maximum atomic E-state index is 10.0. The number of aromatic nitrogens is 1. The predicted octanol–water partition coefficient (Wildman–Crippen LogP) is 3.22. The van der Waals surface area contributed by atoms with Crippen LogP contribution in [0.4, 0.5) is 0 Å². The van der Waals surface area contributed by atoms with Gasteiger partial charge >= 0.3 is 0 Å². The minimum atomic E-state index is -0.292. The lowest BCUT2D eigenvalue weighted by atomic mass is 9.93. The molecule has 20 heavy (non-hydrogen) atoms. The van der Waals surface area contributed by atoms with E-state index in [9.17, 15) is 5.11 Å². The van der Waals surface area contributed by atoms with E-state index < -0.39 is 0 Å². The van der Waals surface area contributed by atoms with Gasteiger partial charge in [0.15, 0.2) is 0 Å². The molecular weight excluding hydrogens is 250 g/mol. The van der Waals surface area contributed by atoms with E-state index in [0.29, 0.717) is 0 Å². The number of hydrogen-bond acceptors (Lipinski definition) is 2. The SMILES string of the molecule is COc1ccc(C)cc1Cn1cc2c(c1)C(O)CCC2. The molecule has 3 nitrogen and oxygen atoms in total. The molecule has 1 N–H and O–H groups in total. The summed E-state index contributed by atoms with van der Waals surface area (Å²) in [5.74, 6) is 0.919. The molecule has 0 spiro atoms. The van der Waals surface area contributed by atoms with Crippen molar-refractivity contribution in [3.8, 4) is 5.75 Å². The summed E-state index contributed by atoms with van der Waals surface area (Å²) in [6.07, 6.45) is 6.99. The fourth-order valence-electron chi connectivity index (χ4n) is 3.04. The normalized spacial score (nSPS) is 17.9. The number of aryl methyl sites for hydroxylation is 2. The molecule has 1 unspecified atom stereocenters. The van der Waals surface area contributed by atoms with Crippen LogP contribution >= 0.6 is 0 Å². The molecule has 1 heterocycles. The number of benzene rings is 1. The molecule has 0 aliphatic heterocycles. The molecule has 1 aromatic heterocycles. The highest BCUT2D eigenvalue weighted by molar-refractivity contribution is 5.38. The van der Waals surface area contributed by atoms with E-state index in [1.165, 1.54) is 16.7 Å². The molecule has 1 aliphatic rings. The molecular formula is C17H21NO2. The van der Waals surface area contributed by atoms with Gasteiger partial charge in [0.2, 0.25) is 0 Å². The smallest absolute Gasteiger partial charge is 0.123 e. The van der Waals surface area contributed by atoms with Gasteiger partial charge in [-0.15, -0.1) is 0 Å². The first-order valence-corrected chi connectivity index (χ1v) is 7.17. The number of fused-ring (bicyclic) bond motifs is 1. The van der Waals surface area contributed by atoms with Crippen molar-refractivity contribution in [3.63, 3.8) is 0 Å². The van der Waals surface area contributed by atoms with Crippen LogP contribution < -0.4 is 4.74 Å². The van der Waals surface area contributed by atoms with E-state index in [2.05, 4.69) is 36.0 Å². The van der Waals surface area contributed by atoms with Gasteiger partial charge in [-0.05, 0) is 37.8 Å². The van der Waals surface area contributed by atoms with Gasteiger partial charge in [-0.1, -0.05) is 17.7 Å². The Morgan fingerprint density at radius 1 is 1.35 bits per heavy atom. The first-order valence-electron chi connectivity index (χ1n) is 7.17. The Kier molecular flexibility index (Phi) is 3.53. The molecule has 0 amide bonds. The van der Waals surface area contributed by atoms with E-state index in [0.717, 1.165) is 37.1 Å². The Morgan fingerprint density at radius 2 is 2.20 bits per heavy atom. The van der Waals surface area contributed by atoms with Gasteiger partial charge in [0.25, 0.3) is 0 Å². The second-order valence-electron chi connectivity index (χ2n) is 5.63. The quantitative estimate of drug-likeness (QED) is 0.930. The molecule has 0 saturated heterocycles. The maximum Gasteiger partial charge on any atom is 0.123 e. The van der Waals surface area contributed by atoms with Crippen LogP contribution in [0.3, 0.4) is 0 Å². The largest absolute Gasteiger partial charge is 0.496 e. The molecule has 0 bridgehead atoms. The van der Waals surface area contributed by atoms with E-state index in [1.807, 2.05) is 6.07 Å². The molecule has 0 fully saturated rings. The van der Waals surface area contributed by atoms with Crippen molar-refractivity contribution < 1.29 is 9.84 Å². The number of rotatable bonds is 3. The van der Waals surface area contributed by atoms with Gasteiger partial charge in [0.1, 0.15) is 5.75 Å². The summed E-state index contributed by atoms with van der Waals surface area (Å²) in [6.45, 7) is 2.87. The third kappa shape index (κ3) is 2.46. The number of aliphatic hydroxyl groups excluding tert-OH is 1. The molecule has 3 rings (SSSR count). The van der Waals surface area contributed by atoms with Crippen LogP contribution in [0.25, 0.3) is 0 Å². The van der Waals surface area contributed by atoms with Gasteiger partial charge in [-0.3, -0.25) is 0 Å². The molecule has 1 aromatic carbocycles. The first kappa shape index (κ1) is 13.3. The Hall–Kier alpha value is -1.74. The number of nitrogens with zero attached hydrogens (tertiary/aromatic N) is 1. The minimum absolute atomic E-state index is 0.292. The summed E-state index contributed by atoms with van der Waals surface area (Å²) in [5.41, 5.74) is 4.80. The highest BCUT2D eigenvalue weighted by Gasteiger charge is 2.20. The van der Waals surface area contributed by atoms with E-state index in [4.69, 9.17) is 4.74 Å². The molecule has 1 atom stereocenters. The topological polar surface area (TPSA) is 34.4 Å². The van der Waals surface area contributed by atoms with E-state index in [1.54, 1.807) is 7.11 Å². The van der Waals surface area contributed by atoms with Crippen LogP contribution in [0.2, 0.25) is 0 Å². The molecule has 0 saturated carbocycles. The lowest BCUT2D eigenvalue weighted by Crippen LogP contribution is -2.05. The fourth-order valence-corrected chi connectivity index (χ4v) is 3.04. The second-order valence-corrected chi connectivity index (χ2v) is 5.63. The Labute approximate surface area is 119 Å². The molecule has 106 valence electrons. The Balaban J connectivity index is 1.90. The number of aliphatic hydroxyl groups is 1. The fraction of sp³-hybridized carbons (Fsp3) is 0.412. The minimum Gasteiger partial charge on any atom is -0.496 e. The van der Waals surface area contributed by atoms with Crippen molar-refractivity contribution in [1.82, 2.24) is 4.57 Å². The first-order chi connectivity index (χ1) is 9.67. The molecule has 0 radical (unpaired) electrons. The standard InChI is InChI=1S/C17H21NO2/c1-12-6-7-17(20-2)14(8-12)10-18-9-13-4-3-5-16(19)15(13)11-18/h6-9,11,16,19H,3-5,10H2,1-2H3. The van der Waals surface area contributed by atoms with E-state index >= 15 is 0 Å². The molecule has 2 aromatic rings. The highest BCUT2D eigenvalue weighted by atomic mass is 16.5. The van der Waals surface area contributed by atoms with Gasteiger partial charge in [-0.25, -0.2) is 0 Å². The van der Waals surface area contributed by atoms with E-state index in [-0.39, 0.29) is 6.10 Å². The summed E-state index contributed by atoms with van der Waals surface area (Å²) in [6, 6.07) is 6.24. The van der Waals surface area contributed by atoms with Crippen LogP contribution in [0, 0.1) is 6.92 Å². The van der Waals surface area contributed by atoms with Crippen LogP contribution in [0.1, 0.15) is 41.2 Å². The number of ether oxygens (including phenoxy) is 1. The molecule has 3 heteroatoms. The second kappa shape index (κ2) is 5.33. The van der Waals surface area contributed by atoms with Gasteiger partial charge in [0.05, 0.1) is 19.8 Å². The summed E-state index contributed by atoms with van der Waals surface area (Å²) in [7, 11) is 1.71. The molecule has 1 aliphatic carbocycles. The van der Waals surface area contributed by atoms with Crippen molar-refractivity contribution in [3.05, 3.63) is 52.8 Å². The summed E-state index contributed by atoms with van der Waals surface area (Å²) >= 11 is 0. The van der Waals surface area contributed by atoms with Crippen molar-refractivity contribution in [2.24, 2.45) is 0 Å². The average Bonchev–Trinajstić information content (AvgIpc) is 2.83. The summed E-state index contributed by atoms with van der Waals surface area (Å²) in [5, 5.41) is 10.0. The van der Waals surface area contributed by atoms with Crippen molar-refractivity contribution >= 4 is 0 Å². The van der Waals surface area contributed by atoms with Crippen LogP contribution in [-0.2, 0) is 13.0 Å². The van der Waals surface area contributed by atoms with Crippen molar-refractivity contribution in [1.29, 1.82) is 0 Å². The maximum absolute atomic E-state index is 10.0. The lowest BCUT2D eigenvalue weighted by Gasteiger charge is -2.16. The predicted molar refractivity (Wildman–Crippen MR) is 79.2 cm³/mol. The van der Waals surface area contributed by atoms with Crippen LogP contribution in [-0.4, -0.2) is 16.8 Å². The summed E-state index contributed by atoms with van der Waals surface area (Å²) in [4.78, 5) is 0. The van der Waals surface area contributed by atoms with Crippen molar-refractivity contribution in [2.75, 3.05) is 7.11 Å². The highest BCUT2D eigenvalue weighted by Crippen LogP contribution is 2.31. The zero-order chi connectivity index (χ0) is 14.1. The zero-order valence-corrected chi connectivity index (χ0v) is 12.1. The summed E-state index contributed by atoms with van der Waals surface area (Å²) < 4.78 is 7.60. The van der Waals surface area contributed by atoms with Crippen LogP contribution in [0.15, 0.2) is 30.6 Å². The average molecular weight is 271 g/mol. The van der Waals surface area contributed by atoms with Crippen LogP contribution in [0.5, 0.6) is 5.75 Å². The zero-order valence-electron chi connectivity index (χ0n) is 12.1.